The van der Waals surface area contributed by atoms with E-state index in [9.17, 15) is 9.59 Å². The van der Waals surface area contributed by atoms with Crippen molar-refractivity contribution in [3.63, 3.8) is 0 Å². The van der Waals surface area contributed by atoms with Crippen LogP contribution in [-0.2, 0) is 16.1 Å². The summed E-state index contributed by atoms with van der Waals surface area (Å²) in [6, 6.07) is 7.70. The fourth-order valence-corrected chi connectivity index (χ4v) is 3.26. The first-order chi connectivity index (χ1) is 11.6. The lowest BCUT2D eigenvalue weighted by Gasteiger charge is -2.25. The maximum absolute atomic E-state index is 12.7. The minimum Gasteiger partial charge on any atom is -0.496 e. The number of para-hydroxylation sites is 1. The summed E-state index contributed by atoms with van der Waals surface area (Å²) in [7, 11) is 1.63. The lowest BCUT2D eigenvalue weighted by molar-refractivity contribution is -0.136. The minimum absolute atomic E-state index is 0.0483. The number of nitrogens with zero attached hydrogens (tertiary/aromatic N) is 2. The Morgan fingerprint density at radius 1 is 1.25 bits per heavy atom. The van der Waals surface area contributed by atoms with Gasteiger partial charge in [0.05, 0.1) is 13.0 Å². The highest BCUT2D eigenvalue weighted by molar-refractivity contribution is 5.89. The van der Waals surface area contributed by atoms with Gasteiger partial charge in [-0.2, -0.15) is 0 Å². The predicted octanol–water partition coefficient (Wildman–Crippen LogP) is 2.69. The molecule has 1 atom stereocenters. The summed E-state index contributed by atoms with van der Waals surface area (Å²) in [4.78, 5) is 28.7. The zero-order chi connectivity index (χ0) is 17.5. The third-order valence-electron chi connectivity index (χ3n) is 4.42. The highest BCUT2D eigenvalue weighted by Crippen LogP contribution is 2.25. The zero-order valence-electron chi connectivity index (χ0n) is 15.0. The number of carbonyl (C=O) groups is 2. The standard InChI is InChI=1S/C19H28N2O3/c1-4-10-20(11-5-2)19(23)16-12-18(22)21(14-16)13-15-8-6-7-9-17(15)24-3/h6-9,16H,4-5,10-14H2,1-3H3. The van der Waals surface area contributed by atoms with Gasteiger partial charge in [0.1, 0.15) is 5.75 Å². The Bertz CT molecular complexity index is 567. The molecule has 1 aromatic rings. The molecule has 0 bridgehead atoms. The fourth-order valence-electron chi connectivity index (χ4n) is 3.26. The van der Waals surface area contributed by atoms with Crippen molar-refractivity contribution in [2.45, 2.75) is 39.7 Å². The molecular weight excluding hydrogens is 304 g/mol. The molecule has 0 aliphatic carbocycles. The quantitative estimate of drug-likeness (QED) is 0.735. The molecule has 0 aromatic heterocycles. The van der Waals surface area contributed by atoms with E-state index in [0.29, 0.717) is 19.5 Å². The third-order valence-corrected chi connectivity index (χ3v) is 4.42. The van der Waals surface area contributed by atoms with E-state index in [1.165, 1.54) is 0 Å². The van der Waals surface area contributed by atoms with Gasteiger partial charge in [0.15, 0.2) is 0 Å². The molecule has 0 radical (unpaired) electrons. The van der Waals surface area contributed by atoms with E-state index < -0.39 is 0 Å². The van der Waals surface area contributed by atoms with E-state index in [-0.39, 0.29) is 17.7 Å². The van der Waals surface area contributed by atoms with Crippen molar-refractivity contribution in [1.29, 1.82) is 0 Å². The van der Waals surface area contributed by atoms with Crippen molar-refractivity contribution in [2.24, 2.45) is 5.92 Å². The Morgan fingerprint density at radius 3 is 2.54 bits per heavy atom. The van der Waals surface area contributed by atoms with Crippen LogP contribution >= 0.6 is 0 Å². The van der Waals surface area contributed by atoms with Crippen LogP contribution < -0.4 is 4.74 Å². The van der Waals surface area contributed by atoms with E-state index in [2.05, 4.69) is 13.8 Å². The normalized spacial score (nSPS) is 17.2. The number of rotatable bonds is 8. The second kappa shape index (κ2) is 8.71. The summed E-state index contributed by atoms with van der Waals surface area (Å²) in [6.07, 6.45) is 2.20. The molecule has 5 heteroatoms. The maximum Gasteiger partial charge on any atom is 0.227 e. The van der Waals surface area contributed by atoms with Gasteiger partial charge in [0.2, 0.25) is 11.8 Å². The first-order valence-corrected chi connectivity index (χ1v) is 8.79. The molecule has 1 saturated heterocycles. The van der Waals surface area contributed by atoms with Gasteiger partial charge in [-0.15, -0.1) is 0 Å². The number of carbonyl (C=O) groups excluding carboxylic acids is 2. The molecule has 0 spiro atoms. The first-order valence-electron chi connectivity index (χ1n) is 8.79. The summed E-state index contributed by atoms with van der Waals surface area (Å²) < 4.78 is 5.35. The number of ether oxygens (including phenoxy) is 1. The molecule has 24 heavy (non-hydrogen) atoms. The van der Waals surface area contributed by atoms with Crippen LogP contribution in [0.1, 0.15) is 38.7 Å². The van der Waals surface area contributed by atoms with Crippen molar-refractivity contribution in [2.75, 3.05) is 26.7 Å². The van der Waals surface area contributed by atoms with Crippen molar-refractivity contribution < 1.29 is 14.3 Å². The summed E-state index contributed by atoms with van der Waals surface area (Å²) in [6.45, 7) is 6.68. The second-order valence-corrected chi connectivity index (χ2v) is 6.31. The van der Waals surface area contributed by atoms with Crippen LogP contribution in [-0.4, -0.2) is 48.4 Å². The number of amides is 2. The number of methoxy groups -OCH3 is 1. The lowest BCUT2D eigenvalue weighted by atomic mass is 10.1. The van der Waals surface area contributed by atoms with E-state index in [0.717, 1.165) is 37.2 Å². The Balaban J connectivity index is 2.03. The predicted molar refractivity (Wildman–Crippen MR) is 93.7 cm³/mol. The Labute approximate surface area is 144 Å². The van der Waals surface area contributed by atoms with Gasteiger partial charge >= 0.3 is 0 Å². The molecule has 1 heterocycles. The van der Waals surface area contributed by atoms with Crippen LogP contribution in [0.15, 0.2) is 24.3 Å². The third kappa shape index (κ3) is 4.28. The summed E-state index contributed by atoms with van der Waals surface area (Å²) in [5.74, 6) is 0.728. The van der Waals surface area contributed by atoms with Crippen molar-refractivity contribution >= 4 is 11.8 Å². The Morgan fingerprint density at radius 2 is 1.92 bits per heavy atom. The molecule has 1 aromatic carbocycles. The highest BCUT2D eigenvalue weighted by Gasteiger charge is 2.36. The number of benzene rings is 1. The van der Waals surface area contributed by atoms with Crippen molar-refractivity contribution in [1.82, 2.24) is 9.80 Å². The molecule has 1 unspecified atom stereocenters. The molecule has 5 nitrogen and oxygen atoms in total. The maximum atomic E-state index is 12.7. The first kappa shape index (κ1) is 18.3. The number of likely N-dealkylation sites (tertiary alicyclic amines) is 1. The molecule has 2 rings (SSSR count). The van der Waals surface area contributed by atoms with Gasteiger partial charge in [-0.25, -0.2) is 0 Å². The number of hydrogen-bond acceptors (Lipinski definition) is 3. The smallest absolute Gasteiger partial charge is 0.227 e. The van der Waals surface area contributed by atoms with E-state index in [1.807, 2.05) is 29.2 Å². The summed E-state index contributed by atoms with van der Waals surface area (Å²) in [5, 5.41) is 0. The average molecular weight is 332 g/mol. The Hall–Kier alpha value is -2.04. The van der Waals surface area contributed by atoms with Crippen LogP contribution in [0.2, 0.25) is 0 Å². The summed E-state index contributed by atoms with van der Waals surface area (Å²) in [5.41, 5.74) is 0.973. The van der Waals surface area contributed by atoms with Crippen LogP contribution in [0.3, 0.4) is 0 Å². The average Bonchev–Trinajstić information content (AvgIpc) is 2.95. The van der Waals surface area contributed by atoms with E-state index in [1.54, 1.807) is 12.0 Å². The molecule has 1 aliphatic heterocycles. The SMILES string of the molecule is CCCN(CCC)C(=O)C1CC(=O)N(Cc2ccccc2OC)C1. The molecule has 2 amide bonds. The van der Waals surface area contributed by atoms with Crippen molar-refractivity contribution in [3.8, 4) is 5.75 Å². The zero-order valence-corrected chi connectivity index (χ0v) is 15.0. The van der Waals surface area contributed by atoms with Gasteiger partial charge in [0, 0.05) is 38.2 Å². The van der Waals surface area contributed by atoms with Gasteiger partial charge in [-0.05, 0) is 18.9 Å². The monoisotopic (exact) mass is 332 g/mol. The molecule has 0 saturated carbocycles. The van der Waals surface area contributed by atoms with Gasteiger partial charge in [-0.1, -0.05) is 32.0 Å². The van der Waals surface area contributed by atoms with Gasteiger partial charge in [0.25, 0.3) is 0 Å². The van der Waals surface area contributed by atoms with E-state index >= 15 is 0 Å². The molecule has 0 N–H and O–H groups in total. The largest absolute Gasteiger partial charge is 0.496 e. The Kier molecular flexibility index (Phi) is 6.64. The molecule has 132 valence electrons. The highest BCUT2D eigenvalue weighted by atomic mass is 16.5. The van der Waals surface area contributed by atoms with E-state index in [4.69, 9.17) is 4.74 Å². The molecular formula is C19H28N2O3. The topological polar surface area (TPSA) is 49.9 Å². The van der Waals surface area contributed by atoms with Crippen LogP contribution in [0.5, 0.6) is 5.75 Å². The van der Waals surface area contributed by atoms with Crippen LogP contribution in [0.4, 0.5) is 0 Å². The van der Waals surface area contributed by atoms with Crippen molar-refractivity contribution in [3.05, 3.63) is 29.8 Å². The minimum atomic E-state index is -0.217. The van der Waals surface area contributed by atoms with Crippen LogP contribution in [0.25, 0.3) is 0 Å². The fraction of sp³-hybridized carbons (Fsp3) is 0.579. The number of hydrogen-bond donors (Lipinski definition) is 0. The molecule has 1 aliphatic rings. The second-order valence-electron chi connectivity index (χ2n) is 6.31. The van der Waals surface area contributed by atoms with Gasteiger partial charge < -0.3 is 14.5 Å². The van der Waals surface area contributed by atoms with Gasteiger partial charge in [-0.3, -0.25) is 9.59 Å². The van der Waals surface area contributed by atoms with Crippen LogP contribution in [0, 0.1) is 5.92 Å². The molecule has 1 fully saturated rings. The summed E-state index contributed by atoms with van der Waals surface area (Å²) >= 11 is 0. The lowest BCUT2D eigenvalue weighted by Crippen LogP contribution is -2.38.